The van der Waals surface area contributed by atoms with Crippen molar-refractivity contribution in [1.29, 1.82) is 0 Å². The maximum absolute atomic E-state index is 12.1. The SMILES string of the molecule is Cc1cc(C)c2cc(C(=O)NCC(=O)NC3CC3)[nH]c2c1. The molecule has 0 atom stereocenters. The Bertz CT molecular complexity index is 714. The highest BCUT2D eigenvalue weighted by atomic mass is 16.2. The summed E-state index contributed by atoms with van der Waals surface area (Å²) in [6, 6.07) is 6.24. The van der Waals surface area contributed by atoms with E-state index in [9.17, 15) is 9.59 Å². The van der Waals surface area contributed by atoms with Gasteiger partial charge in [0.1, 0.15) is 5.69 Å². The van der Waals surface area contributed by atoms with Crippen molar-refractivity contribution in [3.63, 3.8) is 0 Å². The molecule has 1 saturated carbocycles. The minimum atomic E-state index is -0.255. The van der Waals surface area contributed by atoms with Crippen LogP contribution in [0.15, 0.2) is 18.2 Å². The van der Waals surface area contributed by atoms with Crippen molar-refractivity contribution in [2.24, 2.45) is 0 Å². The van der Waals surface area contributed by atoms with Crippen molar-refractivity contribution in [3.8, 4) is 0 Å². The van der Waals surface area contributed by atoms with E-state index in [-0.39, 0.29) is 18.4 Å². The third kappa shape index (κ3) is 3.07. The molecule has 0 bridgehead atoms. The molecule has 1 aliphatic carbocycles. The third-order valence-electron chi connectivity index (χ3n) is 3.69. The number of hydrogen-bond acceptors (Lipinski definition) is 2. The lowest BCUT2D eigenvalue weighted by atomic mass is 10.1. The first kappa shape index (κ1) is 13.7. The van der Waals surface area contributed by atoms with Crippen LogP contribution < -0.4 is 10.6 Å². The van der Waals surface area contributed by atoms with E-state index < -0.39 is 0 Å². The third-order valence-corrected chi connectivity index (χ3v) is 3.69. The van der Waals surface area contributed by atoms with E-state index in [0.717, 1.165) is 34.9 Å². The Balaban J connectivity index is 1.69. The molecular formula is C16H19N3O2. The highest BCUT2D eigenvalue weighted by Crippen LogP contribution is 2.21. The molecule has 0 unspecified atom stereocenters. The Morgan fingerprint density at radius 1 is 1.24 bits per heavy atom. The van der Waals surface area contributed by atoms with Gasteiger partial charge in [0, 0.05) is 16.9 Å². The van der Waals surface area contributed by atoms with E-state index in [4.69, 9.17) is 0 Å². The lowest BCUT2D eigenvalue weighted by Gasteiger charge is -2.04. The average molecular weight is 285 g/mol. The van der Waals surface area contributed by atoms with E-state index in [1.165, 1.54) is 0 Å². The van der Waals surface area contributed by atoms with Gasteiger partial charge < -0.3 is 15.6 Å². The van der Waals surface area contributed by atoms with Crippen LogP contribution in [-0.2, 0) is 4.79 Å². The number of aromatic amines is 1. The van der Waals surface area contributed by atoms with Gasteiger partial charge in [-0.25, -0.2) is 0 Å². The summed E-state index contributed by atoms with van der Waals surface area (Å²) in [7, 11) is 0. The molecule has 2 aromatic rings. The van der Waals surface area contributed by atoms with Crippen molar-refractivity contribution < 1.29 is 9.59 Å². The molecule has 0 saturated heterocycles. The van der Waals surface area contributed by atoms with Crippen LogP contribution in [0.1, 0.15) is 34.5 Å². The Labute approximate surface area is 123 Å². The minimum Gasteiger partial charge on any atom is -0.352 e. The van der Waals surface area contributed by atoms with Gasteiger partial charge in [-0.05, 0) is 49.9 Å². The zero-order valence-electron chi connectivity index (χ0n) is 12.2. The molecule has 5 nitrogen and oxygen atoms in total. The number of carbonyl (C=O) groups excluding carboxylic acids is 2. The van der Waals surface area contributed by atoms with Crippen molar-refractivity contribution in [2.45, 2.75) is 32.7 Å². The molecule has 0 radical (unpaired) electrons. The van der Waals surface area contributed by atoms with Crippen molar-refractivity contribution in [3.05, 3.63) is 35.0 Å². The highest BCUT2D eigenvalue weighted by molar-refractivity contribution is 6.00. The summed E-state index contributed by atoms with van der Waals surface area (Å²) >= 11 is 0. The molecule has 1 aliphatic rings. The first-order valence-electron chi connectivity index (χ1n) is 7.20. The average Bonchev–Trinajstić information content (AvgIpc) is 3.12. The maximum Gasteiger partial charge on any atom is 0.268 e. The van der Waals surface area contributed by atoms with Crippen LogP contribution in [0.5, 0.6) is 0 Å². The number of aromatic nitrogens is 1. The van der Waals surface area contributed by atoms with Crippen LogP contribution in [0.4, 0.5) is 0 Å². The number of hydrogen-bond donors (Lipinski definition) is 3. The number of fused-ring (bicyclic) bond motifs is 1. The Hall–Kier alpha value is -2.30. The Morgan fingerprint density at radius 2 is 2.00 bits per heavy atom. The van der Waals surface area contributed by atoms with Gasteiger partial charge in [0.25, 0.3) is 5.91 Å². The number of aryl methyl sites for hydroxylation is 2. The molecule has 21 heavy (non-hydrogen) atoms. The Morgan fingerprint density at radius 3 is 2.71 bits per heavy atom. The smallest absolute Gasteiger partial charge is 0.268 e. The van der Waals surface area contributed by atoms with Crippen molar-refractivity contribution in [2.75, 3.05) is 6.54 Å². The first-order valence-corrected chi connectivity index (χ1v) is 7.20. The summed E-state index contributed by atoms with van der Waals surface area (Å²) in [5.74, 6) is -0.386. The molecule has 0 aliphatic heterocycles. The molecule has 1 heterocycles. The summed E-state index contributed by atoms with van der Waals surface area (Å²) < 4.78 is 0. The molecular weight excluding hydrogens is 266 g/mol. The van der Waals surface area contributed by atoms with Crippen molar-refractivity contribution in [1.82, 2.24) is 15.6 Å². The lowest BCUT2D eigenvalue weighted by Crippen LogP contribution is -2.37. The van der Waals surface area contributed by atoms with Gasteiger partial charge >= 0.3 is 0 Å². The fourth-order valence-electron chi connectivity index (χ4n) is 2.48. The van der Waals surface area contributed by atoms with Gasteiger partial charge in [0.15, 0.2) is 0 Å². The standard InChI is InChI=1S/C16H19N3O2/c1-9-5-10(2)12-7-14(19-13(12)6-9)16(21)17-8-15(20)18-11-3-4-11/h5-7,11,19H,3-4,8H2,1-2H3,(H,17,21)(H,18,20). The number of nitrogens with one attached hydrogen (secondary N) is 3. The molecule has 1 aromatic carbocycles. The molecule has 5 heteroatoms. The van der Waals surface area contributed by atoms with Gasteiger partial charge in [0.05, 0.1) is 6.54 Å². The normalized spacial score (nSPS) is 14.2. The van der Waals surface area contributed by atoms with Crippen LogP contribution >= 0.6 is 0 Å². The number of amides is 2. The second-order valence-corrected chi connectivity index (χ2v) is 5.75. The van der Waals surface area contributed by atoms with E-state index in [2.05, 4.69) is 21.7 Å². The van der Waals surface area contributed by atoms with E-state index >= 15 is 0 Å². The van der Waals surface area contributed by atoms with E-state index in [0.29, 0.717) is 11.7 Å². The van der Waals surface area contributed by atoms with E-state index in [1.807, 2.05) is 26.0 Å². The van der Waals surface area contributed by atoms with Gasteiger partial charge in [-0.15, -0.1) is 0 Å². The number of benzene rings is 1. The van der Waals surface area contributed by atoms with Crippen LogP contribution in [0.25, 0.3) is 10.9 Å². The zero-order chi connectivity index (χ0) is 15.0. The lowest BCUT2D eigenvalue weighted by molar-refractivity contribution is -0.120. The predicted molar refractivity (Wildman–Crippen MR) is 81.3 cm³/mol. The second-order valence-electron chi connectivity index (χ2n) is 5.75. The van der Waals surface area contributed by atoms with Gasteiger partial charge in [-0.1, -0.05) is 6.07 Å². The monoisotopic (exact) mass is 285 g/mol. The first-order chi connectivity index (χ1) is 10.0. The summed E-state index contributed by atoms with van der Waals surface area (Å²) in [6.45, 7) is 4.06. The molecule has 3 rings (SSSR count). The summed E-state index contributed by atoms with van der Waals surface area (Å²) in [6.07, 6.45) is 2.08. The number of H-pyrrole nitrogens is 1. The molecule has 3 N–H and O–H groups in total. The maximum atomic E-state index is 12.1. The summed E-state index contributed by atoms with van der Waals surface area (Å²) in [5.41, 5.74) is 3.71. The van der Waals surface area contributed by atoms with Crippen LogP contribution in [0.2, 0.25) is 0 Å². The zero-order valence-corrected chi connectivity index (χ0v) is 12.2. The van der Waals surface area contributed by atoms with Crippen molar-refractivity contribution >= 4 is 22.7 Å². The number of carbonyl (C=O) groups is 2. The largest absolute Gasteiger partial charge is 0.352 e. The second kappa shape index (κ2) is 5.24. The van der Waals surface area contributed by atoms with Gasteiger partial charge in [-0.2, -0.15) is 0 Å². The van der Waals surface area contributed by atoms with Gasteiger partial charge in [0.2, 0.25) is 5.91 Å². The highest BCUT2D eigenvalue weighted by Gasteiger charge is 2.23. The fraction of sp³-hybridized carbons (Fsp3) is 0.375. The Kier molecular flexibility index (Phi) is 3.41. The molecule has 2 amide bonds. The topological polar surface area (TPSA) is 74.0 Å². The van der Waals surface area contributed by atoms with Gasteiger partial charge in [-0.3, -0.25) is 9.59 Å². The fourth-order valence-corrected chi connectivity index (χ4v) is 2.48. The van der Waals surface area contributed by atoms with Crippen LogP contribution in [0.3, 0.4) is 0 Å². The molecule has 1 fully saturated rings. The summed E-state index contributed by atoms with van der Waals surface area (Å²) in [4.78, 5) is 26.8. The predicted octanol–water partition coefficient (Wildman–Crippen LogP) is 1.79. The van der Waals surface area contributed by atoms with Crippen LogP contribution in [0, 0.1) is 13.8 Å². The van der Waals surface area contributed by atoms with Crippen LogP contribution in [-0.4, -0.2) is 29.4 Å². The summed E-state index contributed by atoms with van der Waals surface area (Å²) in [5, 5.41) is 6.52. The van der Waals surface area contributed by atoms with E-state index in [1.54, 1.807) is 0 Å². The molecule has 110 valence electrons. The number of rotatable bonds is 4. The minimum absolute atomic E-state index is 0.0166. The quantitative estimate of drug-likeness (QED) is 0.801. The molecule has 0 spiro atoms. The molecule has 1 aromatic heterocycles.